The summed E-state index contributed by atoms with van der Waals surface area (Å²) >= 11 is 0. The number of benzene rings is 2. The van der Waals surface area contributed by atoms with Gasteiger partial charge >= 0.3 is 0 Å². The first-order valence-corrected chi connectivity index (χ1v) is 7.96. The fraction of sp³-hybridized carbons (Fsp3) is 0.211. The molecule has 0 saturated heterocycles. The van der Waals surface area contributed by atoms with Gasteiger partial charge in [-0.1, -0.05) is 12.6 Å². The van der Waals surface area contributed by atoms with E-state index in [0.29, 0.717) is 30.2 Å². The number of carbonyl (C=O) groups is 1. The number of nitrogens with zero attached hydrogens (tertiary/aromatic N) is 2. The second-order valence-electron chi connectivity index (χ2n) is 5.83. The Morgan fingerprint density at radius 1 is 1.19 bits per heavy atom. The summed E-state index contributed by atoms with van der Waals surface area (Å²) in [4.78, 5) is 24.8. The lowest BCUT2D eigenvalue weighted by molar-refractivity contribution is -0.384. The van der Waals surface area contributed by atoms with Gasteiger partial charge in [0.2, 0.25) is 0 Å². The van der Waals surface area contributed by atoms with Gasteiger partial charge in [-0.05, 0) is 30.2 Å². The van der Waals surface area contributed by atoms with Crippen molar-refractivity contribution in [3.63, 3.8) is 0 Å². The zero-order chi connectivity index (χ0) is 18.8. The summed E-state index contributed by atoms with van der Waals surface area (Å²) in [7, 11) is 3.11. The Labute approximate surface area is 150 Å². The summed E-state index contributed by atoms with van der Waals surface area (Å²) < 4.78 is 10.6. The average molecular weight is 354 g/mol. The summed E-state index contributed by atoms with van der Waals surface area (Å²) in [6.45, 7) is 4.48. The molecule has 134 valence electrons. The Balaban J connectivity index is 1.95. The van der Waals surface area contributed by atoms with Crippen LogP contribution in [-0.2, 0) is 6.42 Å². The zero-order valence-electron chi connectivity index (χ0n) is 14.5. The molecule has 0 aliphatic carbocycles. The summed E-state index contributed by atoms with van der Waals surface area (Å²) in [6, 6.07) is 9.37. The number of methoxy groups -OCH3 is 2. The largest absolute Gasteiger partial charge is 0.493 e. The summed E-state index contributed by atoms with van der Waals surface area (Å²) in [5.41, 5.74) is 2.47. The molecule has 0 spiro atoms. The number of amides is 1. The molecule has 0 fully saturated rings. The molecule has 1 aliphatic rings. The monoisotopic (exact) mass is 354 g/mol. The van der Waals surface area contributed by atoms with Crippen LogP contribution in [0.25, 0.3) is 5.70 Å². The minimum atomic E-state index is -0.520. The van der Waals surface area contributed by atoms with Crippen LogP contribution in [0.1, 0.15) is 21.5 Å². The van der Waals surface area contributed by atoms with Gasteiger partial charge in [0.1, 0.15) is 0 Å². The van der Waals surface area contributed by atoms with Gasteiger partial charge in [0.05, 0.1) is 19.1 Å². The van der Waals surface area contributed by atoms with Crippen molar-refractivity contribution in [1.82, 2.24) is 4.90 Å². The molecular formula is C19H18N2O5. The van der Waals surface area contributed by atoms with Crippen LogP contribution in [0.4, 0.5) is 5.69 Å². The lowest BCUT2D eigenvalue weighted by Gasteiger charge is -2.31. The zero-order valence-corrected chi connectivity index (χ0v) is 14.5. The molecule has 0 atom stereocenters. The Kier molecular flexibility index (Phi) is 4.62. The van der Waals surface area contributed by atoms with Gasteiger partial charge in [-0.25, -0.2) is 0 Å². The van der Waals surface area contributed by atoms with Crippen molar-refractivity contribution in [2.24, 2.45) is 0 Å². The molecule has 0 N–H and O–H groups in total. The van der Waals surface area contributed by atoms with Crippen molar-refractivity contribution in [2.75, 3.05) is 20.8 Å². The van der Waals surface area contributed by atoms with E-state index >= 15 is 0 Å². The molecule has 7 heteroatoms. The van der Waals surface area contributed by atoms with Crippen molar-refractivity contribution in [2.45, 2.75) is 6.42 Å². The van der Waals surface area contributed by atoms with E-state index in [1.54, 1.807) is 26.4 Å². The van der Waals surface area contributed by atoms with Crippen LogP contribution < -0.4 is 9.47 Å². The Morgan fingerprint density at radius 2 is 1.88 bits per heavy atom. The Hall–Kier alpha value is -3.35. The molecule has 2 aromatic rings. The molecule has 7 nitrogen and oxygen atoms in total. The predicted molar refractivity (Wildman–Crippen MR) is 96.4 cm³/mol. The van der Waals surface area contributed by atoms with Gasteiger partial charge < -0.3 is 14.4 Å². The van der Waals surface area contributed by atoms with Gasteiger partial charge in [0.15, 0.2) is 11.5 Å². The minimum absolute atomic E-state index is 0.120. The first-order valence-electron chi connectivity index (χ1n) is 7.96. The van der Waals surface area contributed by atoms with Crippen molar-refractivity contribution in [3.8, 4) is 11.5 Å². The minimum Gasteiger partial charge on any atom is -0.493 e. The number of carbonyl (C=O) groups excluding carboxylic acids is 1. The van der Waals surface area contributed by atoms with Crippen LogP contribution in [0.3, 0.4) is 0 Å². The van der Waals surface area contributed by atoms with Crippen molar-refractivity contribution < 1.29 is 19.2 Å². The van der Waals surface area contributed by atoms with Gasteiger partial charge in [0, 0.05) is 35.5 Å². The van der Waals surface area contributed by atoms with Crippen molar-refractivity contribution in [3.05, 3.63) is 69.8 Å². The van der Waals surface area contributed by atoms with Gasteiger partial charge in [-0.3, -0.25) is 14.9 Å². The van der Waals surface area contributed by atoms with E-state index in [2.05, 4.69) is 6.58 Å². The van der Waals surface area contributed by atoms with E-state index in [9.17, 15) is 14.9 Å². The number of nitro benzene ring substituents is 1. The fourth-order valence-corrected chi connectivity index (χ4v) is 3.04. The Morgan fingerprint density at radius 3 is 2.54 bits per heavy atom. The topological polar surface area (TPSA) is 81.9 Å². The number of rotatable bonds is 4. The van der Waals surface area contributed by atoms with Gasteiger partial charge in [0.25, 0.3) is 11.6 Å². The molecule has 0 aromatic heterocycles. The summed E-state index contributed by atoms with van der Waals surface area (Å²) in [5, 5.41) is 10.9. The van der Waals surface area contributed by atoms with Gasteiger partial charge in [-0.15, -0.1) is 0 Å². The highest BCUT2D eigenvalue weighted by Gasteiger charge is 2.27. The van der Waals surface area contributed by atoms with E-state index in [0.717, 1.165) is 11.1 Å². The fourth-order valence-electron chi connectivity index (χ4n) is 3.04. The molecule has 2 aromatic carbocycles. The molecular weight excluding hydrogens is 336 g/mol. The first-order chi connectivity index (χ1) is 12.5. The van der Waals surface area contributed by atoms with E-state index in [1.807, 2.05) is 6.07 Å². The quantitative estimate of drug-likeness (QED) is 0.622. The van der Waals surface area contributed by atoms with E-state index < -0.39 is 4.92 Å². The van der Waals surface area contributed by atoms with Crippen LogP contribution in [0.2, 0.25) is 0 Å². The molecule has 3 rings (SSSR count). The van der Waals surface area contributed by atoms with Crippen LogP contribution in [-0.4, -0.2) is 36.5 Å². The third-order valence-electron chi connectivity index (χ3n) is 4.40. The standard InChI is InChI=1S/C19H18N2O5/c1-12-16-11-18(26-3)17(25-2)10-13(16)7-8-20(12)19(22)14-5-4-6-15(9-14)21(23)24/h4-6,9-11H,1,7-8H2,2-3H3. The summed E-state index contributed by atoms with van der Waals surface area (Å²) in [6.07, 6.45) is 0.620. The number of hydrogen-bond acceptors (Lipinski definition) is 5. The van der Waals surface area contributed by atoms with Crippen LogP contribution in [0.5, 0.6) is 11.5 Å². The predicted octanol–water partition coefficient (Wildman–Crippen LogP) is 3.28. The Bertz CT molecular complexity index is 907. The molecule has 1 heterocycles. The van der Waals surface area contributed by atoms with Gasteiger partial charge in [-0.2, -0.15) is 0 Å². The second-order valence-corrected chi connectivity index (χ2v) is 5.83. The smallest absolute Gasteiger partial charge is 0.270 e. The second kappa shape index (κ2) is 6.87. The molecule has 1 amide bonds. The molecule has 26 heavy (non-hydrogen) atoms. The highest BCUT2D eigenvalue weighted by atomic mass is 16.6. The maximum Gasteiger partial charge on any atom is 0.270 e. The molecule has 1 aliphatic heterocycles. The molecule has 0 saturated carbocycles. The lowest BCUT2D eigenvalue weighted by Crippen LogP contribution is -2.34. The third-order valence-corrected chi connectivity index (χ3v) is 4.40. The number of non-ortho nitro benzene ring substituents is 1. The molecule has 0 radical (unpaired) electrons. The third kappa shape index (κ3) is 2.99. The van der Waals surface area contributed by atoms with Crippen molar-refractivity contribution >= 4 is 17.3 Å². The van der Waals surface area contributed by atoms with E-state index in [-0.39, 0.29) is 17.2 Å². The van der Waals surface area contributed by atoms with Crippen molar-refractivity contribution in [1.29, 1.82) is 0 Å². The van der Waals surface area contributed by atoms with E-state index in [1.165, 1.54) is 23.1 Å². The summed E-state index contributed by atoms with van der Waals surface area (Å²) in [5.74, 6) is 0.855. The number of nitro groups is 1. The van der Waals surface area contributed by atoms with Crippen LogP contribution in [0.15, 0.2) is 43.0 Å². The normalized spacial score (nSPS) is 13.2. The van der Waals surface area contributed by atoms with Crippen LogP contribution >= 0.6 is 0 Å². The van der Waals surface area contributed by atoms with E-state index in [4.69, 9.17) is 9.47 Å². The SMILES string of the molecule is C=C1c2cc(OC)c(OC)cc2CCN1C(=O)c1cccc([N+](=O)[O-])c1. The number of fused-ring (bicyclic) bond motifs is 1. The average Bonchev–Trinajstić information content (AvgIpc) is 2.67. The molecule has 0 unspecified atom stereocenters. The lowest BCUT2D eigenvalue weighted by atomic mass is 9.95. The number of hydrogen-bond donors (Lipinski definition) is 0. The highest BCUT2D eigenvalue weighted by molar-refractivity contribution is 6.00. The molecule has 0 bridgehead atoms. The van der Waals surface area contributed by atoms with Crippen LogP contribution in [0, 0.1) is 10.1 Å². The maximum absolute atomic E-state index is 12.9. The number of ether oxygens (including phenoxy) is 2. The maximum atomic E-state index is 12.9. The highest BCUT2D eigenvalue weighted by Crippen LogP contribution is 2.37. The first kappa shape index (κ1) is 17.5.